The summed E-state index contributed by atoms with van der Waals surface area (Å²) in [5.41, 5.74) is 0.946. The number of aliphatic imine (C=N–C) groups is 1. The molecule has 3 rings (SSSR count). The fourth-order valence-electron chi connectivity index (χ4n) is 3.33. The fourth-order valence-corrected chi connectivity index (χ4v) is 3.33. The van der Waals surface area contributed by atoms with Crippen molar-refractivity contribution < 1.29 is 23.5 Å². The maximum atomic E-state index is 14.6. The van der Waals surface area contributed by atoms with Gasteiger partial charge in [-0.05, 0) is 39.0 Å². The quantitative estimate of drug-likeness (QED) is 0.679. The van der Waals surface area contributed by atoms with Gasteiger partial charge in [0.1, 0.15) is 11.4 Å². The number of hydrogen-bond donors (Lipinski definition) is 2. The molecule has 3 amide bonds. The number of benzodiazepines with no additional fused rings is 1. The number of benzene rings is 2. The van der Waals surface area contributed by atoms with Gasteiger partial charge >= 0.3 is 12.0 Å². The zero-order valence-electron chi connectivity index (χ0n) is 19.0. The molecule has 174 valence electrons. The molecule has 1 unspecified atom stereocenters. The second-order valence-electron chi connectivity index (χ2n) is 8.51. The molecule has 1 heterocycles. The van der Waals surface area contributed by atoms with Gasteiger partial charge in [0.2, 0.25) is 6.17 Å². The standard InChI is InChI=1S/C24H27FN4O4/c1-24(2,3)33-19(30)13-14-26-23(32)28-21-22(31)29(4)18-12-8-6-10-16(18)20(27-21)15-9-5-7-11-17(15)25/h5-12,21H,13-14H2,1-4H3,(H2,26,28,32). The molecule has 0 fully saturated rings. The summed E-state index contributed by atoms with van der Waals surface area (Å²) < 4.78 is 19.8. The second-order valence-corrected chi connectivity index (χ2v) is 8.51. The Morgan fingerprint density at radius 3 is 2.39 bits per heavy atom. The van der Waals surface area contributed by atoms with Crippen molar-refractivity contribution >= 4 is 29.3 Å². The van der Waals surface area contributed by atoms with E-state index in [9.17, 15) is 18.8 Å². The maximum absolute atomic E-state index is 14.6. The van der Waals surface area contributed by atoms with Gasteiger partial charge in [0.05, 0.1) is 17.8 Å². The van der Waals surface area contributed by atoms with Crippen molar-refractivity contribution in [1.82, 2.24) is 10.6 Å². The van der Waals surface area contributed by atoms with E-state index >= 15 is 0 Å². The first kappa shape index (κ1) is 23.9. The van der Waals surface area contributed by atoms with Crippen LogP contribution in [0.15, 0.2) is 53.5 Å². The average molecular weight is 455 g/mol. The number of likely N-dealkylation sites (N-methyl/N-ethyl adjacent to an activating group) is 1. The molecule has 33 heavy (non-hydrogen) atoms. The molecule has 0 saturated heterocycles. The van der Waals surface area contributed by atoms with Crippen molar-refractivity contribution in [1.29, 1.82) is 0 Å². The molecule has 0 bridgehead atoms. The molecule has 0 saturated carbocycles. The molecule has 0 aromatic heterocycles. The molecule has 2 aromatic rings. The topological polar surface area (TPSA) is 100 Å². The SMILES string of the molecule is CN1C(=O)C(NC(=O)NCCC(=O)OC(C)(C)C)N=C(c2ccccc2F)c2ccccc21. The van der Waals surface area contributed by atoms with Crippen LogP contribution in [0.4, 0.5) is 14.9 Å². The summed E-state index contributed by atoms with van der Waals surface area (Å²) in [7, 11) is 1.57. The van der Waals surface area contributed by atoms with Crippen LogP contribution in [0.25, 0.3) is 0 Å². The molecular weight excluding hydrogens is 427 g/mol. The molecule has 0 aliphatic carbocycles. The Labute approximate surface area is 191 Å². The number of urea groups is 1. The lowest BCUT2D eigenvalue weighted by Crippen LogP contribution is -2.49. The van der Waals surface area contributed by atoms with Gasteiger partial charge in [-0.2, -0.15) is 0 Å². The summed E-state index contributed by atoms with van der Waals surface area (Å²) in [5.74, 6) is -1.44. The first-order valence-electron chi connectivity index (χ1n) is 10.5. The number of esters is 1. The molecule has 2 aromatic carbocycles. The first-order chi connectivity index (χ1) is 15.6. The summed E-state index contributed by atoms with van der Waals surface area (Å²) in [6, 6.07) is 12.4. The van der Waals surface area contributed by atoms with E-state index in [-0.39, 0.29) is 24.2 Å². The Morgan fingerprint density at radius 1 is 1.09 bits per heavy atom. The van der Waals surface area contributed by atoms with Crippen LogP contribution in [0.2, 0.25) is 0 Å². The first-order valence-corrected chi connectivity index (χ1v) is 10.5. The van der Waals surface area contributed by atoms with Crippen molar-refractivity contribution in [3.63, 3.8) is 0 Å². The number of halogens is 1. The van der Waals surface area contributed by atoms with Crippen LogP contribution < -0.4 is 15.5 Å². The van der Waals surface area contributed by atoms with Crippen LogP contribution in [0, 0.1) is 5.82 Å². The summed E-state index contributed by atoms with van der Waals surface area (Å²) in [6.07, 6.45) is -1.32. The highest BCUT2D eigenvalue weighted by atomic mass is 19.1. The molecule has 8 nitrogen and oxygen atoms in total. The molecule has 2 N–H and O–H groups in total. The van der Waals surface area contributed by atoms with Gasteiger partial charge in [0.25, 0.3) is 5.91 Å². The zero-order valence-corrected chi connectivity index (χ0v) is 19.0. The van der Waals surface area contributed by atoms with E-state index in [0.29, 0.717) is 11.3 Å². The maximum Gasteiger partial charge on any atom is 0.316 e. The Kier molecular flexibility index (Phi) is 7.10. The van der Waals surface area contributed by atoms with E-state index in [1.807, 2.05) is 0 Å². The third kappa shape index (κ3) is 5.94. The molecule has 9 heteroatoms. The fraction of sp³-hybridized carbons (Fsp3) is 0.333. The van der Waals surface area contributed by atoms with Gasteiger partial charge in [-0.1, -0.05) is 30.3 Å². The van der Waals surface area contributed by atoms with E-state index < -0.39 is 35.5 Å². The number of carbonyl (C=O) groups is 3. The molecule has 0 radical (unpaired) electrons. The van der Waals surface area contributed by atoms with Crippen LogP contribution >= 0.6 is 0 Å². The van der Waals surface area contributed by atoms with E-state index in [4.69, 9.17) is 4.74 Å². The summed E-state index contributed by atoms with van der Waals surface area (Å²) in [5, 5.41) is 5.04. The minimum Gasteiger partial charge on any atom is -0.460 e. The second kappa shape index (κ2) is 9.81. The van der Waals surface area contributed by atoms with Crippen molar-refractivity contribution in [3.05, 3.63) is 65.5 Å². The summed E-state index contributed by atoms with van der Waals surface area (Å²) in [4.78, 5) is 43.1. The number of anilines is 1. The van der Waals surface area contributed by atoms with Crippen LogP contribution in [-0.4, -0.2) is 49.0 Å². The Balaban J connectivity index is 1.81. The highest BCUT2D eigenvalue weighted by molar-refractivity contribution is 6.20. The van der Waals surface area contributed by atoms with Crippen molar-refractivity contribution in [2.24, 2.45) is 4.99 Å². The van der Waals surface area contributed by atoms with Crippen LogP contribution in [0.1, 0.15) is 38.3 Å². The predicted molar refractivity (Wildman–Crippen MR) is 123 cm³/mol. The van der Waals surface area contributed by atoms with Crippen LogP contribution in [0.3, 0.4) is 0 Å². The average Bonchev–Trinajstić information content (AvgIpc) is 2.84. The van der Waals surface area contributed by atoms with E-state index in [2.05, 4.69) is 15.6 Å². The molecule has 1 aliphatic heterocycles. The normalized spacial score (nSPS) is 15.8. The van der Waals surface area contributed by atoms with Crippen molar-refractivity contribution in [2.45, 2.75) is 39.0 Å². The van der Waals surface area contributed by atoms with E-state index in [0.717, 1.165) is 0 Å². The van der Waals surface area contributed by atoms with Crippen LogP contribution in [0.5, 0.6) is 0 Å². The summed E-state index contributed by atoms with van der Waals surface area (Å²) in [6.45, 7) is 5.27. The molecular formula is C24H27FN4O4. The highest BCUT2D eigenvalue weighted by Gasteiger charge is 2.31. The number of nitrogens with zero attached hydrogens (tertiary/aromatic N) is 2. The molecule has 1 atom stereocenters. The number of amides is 3. The number of fused-ring (bicyclic) bond motifs is 1. The number of carbonyl (C=O) groups excluding carboxylic acids is 3. The number of ether oxygens (including phenoxy) is 1. The van der Waals surface area contributed by atoms with Gasteiger partial charge < -0.3 is 20.3 Å². The lowest BCUT2D eigenvalue weighted by Gasteiger charge is -2.21. The number of para-hydroxylation sites is 1. The monoisotopic (exact) mass is 454 g/mol. The lowest BCUT2D eigenvalue weighted by molar-refractivity contribution is -0.154. The largest absolute Gasteiger partial charge is 0.460 e. The highest BCUT2D eigenvalue weighted by Crippen LogP contribution is 2.27. The summed E-state index contributed by atoms with van der Waals surface area (Å²) >= 11 is 0. The third-order valence-corrected chi connectivity index (χ3v) is 4.77. The van der Waals surface area contributed by atoms with Crippen LogP contribution in [-0.2, 0) is 14.3 Å². The molecule has 1 aliphatic rings. The number of hydrogen-bond acceptors (Lipinski definition) is 5. The number of nitrogens with one attached hydrogen (secondary N) is 2. The minimum atomic E-state index is -1.29. The zero-order chi connectivity index (χ0) is 24.2. The third-order valence-electron chi connectivity index (χ3n) is 4.77. The van der Waals surface area contributed by atoms with Gasteiger partial charge in [-0.3, -0.25) is 9.59 Å². The van der Waals surface area contributed by atoms with Gasteiger partial charge in [-0.25, -0.2) is 14.2 Å². The predicted octanol–water partition coefficient (Wildman–Crippen LogP) is 3.00. The van der Waals surface area contributed by atoms with E-state index in [1.165, 1.54) is 11.0 Å². The van der Waals surface area contributed by atoms with E-state index in [1.54, 1.807) is 70.3 Å². The van der Waals surface area contributed by atoms with Crippen molar-refractivity contribution in [3.8, 4) is 0 Å². The minimum absolute atomic E-state index is 0.0155. The Bertz CT molecular complexity index is 1090. The van der Waals surface area contributed by atoms with Gasteiger partial charge in [0, 0.05) is 24.7 Å². The van der Waals surface area contributed by atoms with Crippen molar-refractivity contribution in [2.75, 3.05) is 18.5 Å². The smallest absolute Gasteiger partial charge is 0.316 e. The van der Waals surface area contributed by atoms with Gasteiger partial charge in [-0.15, -0.1) is 0 Å². The lowest BCUT2D eigenvalue weighted by atomic mass is 10.00. The molecule has 0 spiro atoms. The van der Waals surface area contributed by atoms with Gasteiger partial charge in [0.15, 0.2) is 0 Å². The Hall–Kier alpha value is -3.75. The number of rotatable bonds is 5. The Morgan fingerprint density at radius 2 is 1.73 bits per heavy atom.